The molecule has 3 heteroatoms. The van der Waals surface area contributed by atoms with Crippen LogP contribution in [0.2, 0.25) is 0 Å². The molecule has 1 heterocycles. The van der Waals surface area contributed by atoms with Crippen molar-refractivity contribution in [3.05, 3.63) is 36.0 Å². The van der Waals surface area contributed by atoms with Crippen molar-refractivity contribution < 1.29 is 0 Å². The van der Waals surface area contributed by atoms with Gasteiger partial charge in [-0.2, -0.15) is 0 Å². The zero-order valence-electron chi connectivity index (χ0n) is 13.8. The summed E-state index contributed by atoms with van der Waals surface area (Å²) in [6, 6.07) is 4.73. The van der Waals surface area contributed by atoms with Gasteiger partial charge in [0.1, 0.15) is 5.82 Å². The Labute approximate surface area is 124 Å². The average molecular weight is 275 g/mol. The van der Waals surface area contributed by atoms with Crippen molar-refractivity contribution in [2.75, 3.05) is 11.4 Å². The summed E-state index contributed by atoms with van der Waals surface area (Å²) < 4.78 is 0. The molecule has 0 aliphatic rings. The molecule has 0 radical (unpaired) electrons. The van der Waals surface area contributed by atoms with E-state index in [1.165, 1.54) is 5.56 Å². The Bertz CT molecular complexity index is 444. The number of hydrogen-bond donors (Lipinski definition) is 1. The van der Waals surface area contributed by atoms with Crippen LogP contribution in [0.4, 0.5) is 5.82 Å². The van der Waals surface area contributed by atoms with E-state index >= 15 is 0 Å². The van der Waals surface area contributed by atoms with Crippen molar-refractivity contribution in [2.45, 2.75) is 59.7 Å². The zero-order chi connectivity index (χ0) is 15.3. The summed E-state index contributed by atoms with van der Waals surface area (Å²) >= 11 is 0. The van der Waals surface area contributed by atoms with Gasteiger partial charge in [-0.05, 0) is 59.2 Å². The van der Waals surface area contributed by atoms with Crippen molar-refractivity contribution in [1.82, 2.24) is 10.3 Å². The van der Waals surface area contributed by atoms with Crippen LogP contribution in [0.5, 0.6) is 0 Å². The molecule has 20 heavy (non-hydrogen) atoms. The van der Waals surface area contributed by atoms with E-state index in [1.54, 1.807) is 0 Å². The minimum atomic E-state index is 0.121. The summed E-state index contributed by atoms with van der Waals surface area (Å²) in [7, 11) is 0. The van der Waals surface area contributed by atoms with E-state index < -0.39 is 0 Å². The van der Waals surface area contributed by atoms with E-state index in [0.717, 1.165) is 24.6 Å². The molecule has 112 valence electrons. The molecule has 1 N–H and O–H groups in total. The topological polar surface area (TPSA) is 28.2 Å². The van der Waals surface area contributed by atoms with Crippen molar-refractivity contribution in [2.24, 2.45) is 0 Å². The van der Waals surface area contributed by atoms with Gasteiger partial charge in [-0.15, -0.1) is 6.58 Å². The Kier molecular flexibility index (Phi) is 5.75. The van der Waals surface area contributed by atoms with Gasteiger partial charge in [0.25, 0.3) is 0 Å². The maximum absolute atomic E-state index is 4.67. The van der Waals surface area contributed by atoms with Crippen LogP contribution in [-0.4, -0.2) is 23.1 Å². The molecular weight excluding hydrogens is 246 g/mol. The second-order valence-electron chi connectivity index (χ2n) is 6.61. The zero-order valence-corrected chi connectivity index (χ0v) is 13.8. The largest absolute Gasteiger partial charge is 0.350 e. The summed E-state index contributed by atoms with van der Waals surface area (Å²) in [5.41, 5.74) is 2.45. The second-order valence-corrected chi connectivity index (χ2v) is 6.61. The molecule has 0 aliphatic heterocycles. The van der Waals surface area contributed by atoms with Crippen LogP contribution >= 0.6 is 0 Å². The highest BCUT2D eigenvalue weighted by Gasteiger charge is 2.13. The lowest BCUT2D eigenvalue weighted by Crippen LogP contribution is -2.35. The van der Waals surface area contributed by atoms with Gasteiger partial charge in [0.05, 0.1) is 0 Å². The fourth-order valence-electron chi connectivity index (χ4n) is 2.05. The third kappa shape index (κ3) is 5.33. The Morgan fingerprint density at radius 3 is 2.50 bits per heavy atom. The Morgan fingerprint density at radius 1 is 1.35 bits per heavy atom. The van der Waals surface area contributed by atoms with Gasteiger partial charge in [-0.25, -0.2) is 4.98 Å². The lowest BCUT2D eigenvalue weighted by Gasteiger charge is -2.28. The highest BCUT2D eigenvalue weighted by molar-refractivity contribution is 5.44. The van der Waals surface area contributed by atoms with E-state index in [4.69, 9.17) is 0 Å². The number of nitrogens with zero attached hydrogens (tertiary/aromatic N) is 2. The molecular formula is C17H29N3. The van der Waals surface area contributed by atoms with E-state index in [2.05, 4.69) is 75.5 Å². The molecule has 0 spiro atoms. The van der Waals surface area contributed by atoms with Crippen molar-refractivity contribution in [1.29, 1.82) is 0 Å². The molecule has 1 rings (SSSR count). The molecule has 3 nitrogen and oxygen atoms in total. The number of hydrogen-bond acceptors (Lipinski definition) is 3. The summed E-state index contributed by atoms with van der Waals surface area (Å²) in [5, 5.41) is 3.53. The van der Waals surface area contributed by atoms with Gasteiger partial charge in [0.2, 0.25) is 0 Å². The Balaban J connectivity index is 2.97. The SMILES string of the molecule is C=CCN(c1cc(CNC(C)(C)C)cc(C)n1)C(C)C. The molecule has 0 aromatic carbocycles. The van der Waals surface area contributed by atoms with Crippen LogP contribution in [0, 0.1) is 6.92 Å². The van der Waals surface area contributed by atoms with E-state index in [0.29, 0.717) is 6.04 Å². The van der Waals surface area contributed by atoms with Gasteiger partial charge >= 0.3 is 0 Å². The standard InChI is InChI=1S/C17H29N3/c1-8-9-20(13(2)3)16-11-15(10-14(4)19-16)12-18-17(5,6)7/h8,10-11,13,18H,1,9,12H2,2-7H3. The van der Waals surface area contributed by atoms with Gasteiger partial charge < -0.3 is 10.2 Å². The predicted molar refractivity (Wildman–Crippen MR) is 88.2 cm³/mol. The maximum atomic E-state index is 4.67. The maximum Gasteiger partial charge on any atom is 0.129 e. The number of rotatable bonds is 6. The van der Waals surface area contributed by atoms with Crippen LogP contribution in [0.15, 0.2) is 24.8 Å². The minimum Gasteiger partial charge on any atom is -0.350 e. The molecule has 0 unspecified atom stereocenters. The molecule has 0 bridgehead atoms. The molecule has 0 saturated carbocycles. The summed E-state index contributed by atoms with van der Waals surface area (Å²) in [6.45, 7) is 18.5. The Morgan fingerprint density at radius 2 is 2.00 bits per heavy atom. The first kappa shape index (κ1) is 16.7. The second kappa shape index (κ2) is 6.89. The number of aryl methyl sites for hydroxylation is 1. The molecule has 0 saturated heterocycles. The van der Waals surface area contributed by atoms with Crippen LogP contribution in [0.3, 0.4) is 0 Å². The molecule has 0 atom stereocenters. The number of anilines is 1. The van der Waals surface area contributed by atoms with Gasteiger partial charge in [0, 0.05) is 30.4 Å². The lowest BCUT2D eigenvalue weighted by atomic mass is 10.1. The number of aromatic nitrogens is 1. The smallest absolute Gasteiger partial charge is 0.129 e. The van der Waals surface area contributed by atoms with Gasteiger partial charge in [-0.1, -0.05) is 6.08 Å². The minimum absolute atomic E-state index is 0.121. The molecule has 1 aromatic rings. The summed E-state index contributed by atoms with van der Waals surface area (Å²) in [6.07, 6.45) is 1.93. The summed E-state index contributed by atoms with van der Waals surface area (Å²) in [5.74, 6) is 1.03. The molecule has 1 aromatic heterocycles. The van der Waals surface area contributed by atoms with Crippen LogP contribution in [0.25, 0.3) is 0 Å². The Hall–Kier alpha value is -1.35. The van der Waals surface area contributed by atoms with E-state index in [9.17, 15) is 0 Å². The van der Waals surface area contributed by atoms with Gasteiger partial charge in [0.15, 0.2) is 0 Å². The lowest BCUT2D eigenvalue weighted by molar-refractivity contribution is 0.424. The highest BCUT2D eigenvalue weighted by Crippen LogP contribution is 2.18. The van der Waals surface area contributed by atoms with Crippen LogP contribution in [0.1, 0.15) is 45.9 Å². The van der Waals surface area contributed by atoms with Crippen LogP contribution < -0.4 is 10.2 Å². The number of nitrogens with one attached hydrogen (secondary N) is 1. The van der Waals surface area contributed by atoms with Crippen molar-refractivity contribution >= 4 is 5.82 Å². The first-order chi connectivity index (χ1) is 9.23. The normalized spacial score (nSPS) is 11.8. The van der Waals surface area contributed by atoms with Crippen molar-refractivity contribution in [3.8, 4) is 0 Å². The number of pyridine rings is 1. The fourth-order valence-corrected chi connectivity index (χ4v) is 2.05. The average Bonchev–Trinajstić information content (AvgIpc) is 2.31. The summed E-state index contributed by atoms with van der Waals surface area (Å²) in [4.78, 5) is 6.93. The third-order valence-corrected chi connectivity index (χ3v) is 3.07. The fraction of sp³-hybridized carbons (Fsp3) is 0.588. The van der Waals surface area contributed by atoms with E-state index in [1.807, 2.05) is 6.08 Å². The quantitative estimate of drug-likeness (QED) is 0.803. The molecule has 0 aliphatic carbocycles. The third-order valence-electron chi connectivity index (χ3n) is 3.07. The molecule has 0 fully saturated rings. The first-order valence-corrected chi connectivity index (χ1v) is 7.33. The first-order valence-electron chi connectivity index (χ1n) is 7.33. The van der Waals surface area contributed by atoms with Gasteiger partial charge in [-0.3, -0.25) is 0 Å². The van der Waals surface area contributed by atoms with Crippen molar-refractivity contribution in [3.63, 3.8) is 0 Å². The monoisotopic (exact) mass is 275 g/mol. The highest BCUT2D eigenvalue weighted by atomic mass is 15.2. The van der Waals surface area contributed by atoms with E-state index in [-0.39, 0.29) is 5.54 Å². The van der Waals surface area contributed by atoms with Crippen LogP contribution in [-0.2, 0) is 6.54 Å². The molecule has 0 amide bonds. The predicted octanol–water partition coefficient (Wildman–Crippen LogP) is 3.68.